The van der Waals surface area contributed by atoms with Gasteiger partial charge in [-0.25, -0.2) is 0 Å². The Morgan fingerprint density at radius 3 is 2.45 bits per heavy atom. The minimum atomic E-state index is -2.05. The average Bonchev–Trinajstić information content (AvgIpc) is 1.99. The smallest absolute Gasteiger partial charge is 0.335 e. The molecular weight excluding hydrogens is 149 g/mol. The predicted octanol–water partition coefficient (Wildman–Crippen LogP) is 2.49. The standard InChI is InChI=1S/C6H9.CN.2CH3.Al/c1-3-5-6-4-2;1-2;;;/h3,5-6H2,1H3;;2*1H3;/q;;;;-1. The molecule has 0 fully saturated rings. The third-order valence-corrected chi connectivity index (χ3v) is 3.01. The van der Waals surface area contributed by atoms with Gasteiger partial charge in [-0.05, 0) is 6.42 Å². The Kier molecular flexibility index (Phi) is 5.06. The summed E-state index contributed by atoms with van der Waals surface area (Å²) in [4.78, 5) is 5.41. The van der Waals surface area contributed by atoms with Gasteiger partial charge < -0.3 is 4.78 Å². The Labute approximate surface area is 72.1 Å². The Morgan fingerprint density at radius 2 is 2.00 bits per heavy atom. The molecule has 0 radical (unpaired) electrons. The van der Waals surface area contributed by atoms with Crippen LogP contribution in [0.4, 0.5) is 0 Å². The van der Waals surface area contributed by atoms with E-state index < -0.39 is 13.1 Å². The maximum atomic E-state index is 8.67. The minimum absolute atomic E-state index is 0.960. The lowest BCUT2D eigenvalue weighted by molar-refractivity contribution is 0.828. The third kappa shape index (κ3) is 6.00. The molecule has 0 aliphatic heterocycles. The summed E-state index contributed by atoms with van der Waals surface area (Å²) in [5.41, 5.74) is 0. The number of rotatable bonds is 2. The van der Waals surface area contributed by atoms with Crippen molar-refractivity contribution in [1.29, 1.82) is 5.26 Å². The molecule has 60 valence electrons. The normalized spacial score (nSPS) is 9.64. The van der Waals surface area contributed by atoms with E-state index in [1.165, 1.54) is 6.42 Å². The van der Waals surface area contributed by atoms with Gasteiger partial charge in [0.1, 0.15) is 0 Å². The van der Waals surface area contributed by atoms with Gasteiger partial charge in [0, 0.05) is 6.42 Å². The van der Waals surface area contributed by atoms with E-state index in [-0.39, 0.29) is 0 Å². The molecule has 0 amide bonds. The van der Waals surface area contributed by atoms with E-state index in [9.17, 15) is 0 Å². The van der Waals surface area contributed by atoms with Crippen LogP contribution in [-0.4, -0.2) is 13.1 Å². The molecular formula is C9H15AlN-. The highest BCUT2D eigenvalue weighted by Crippen LogP contribution is 1.97. The number of nitriles is 1. The quantitative estimate of drug-likeness (QED) is 0.349. The zero-order valence-corrected chi connectivity index (χ0v) is 8.80. The maximum absolute atomic E-state index is 8.67. The number of nitrogens with zero attached hydrogens (tertiary/aromatic N) is 1. The molecule has 0 bridgehead atoms. The largest absolute Gasteiger partial charge is 0.342 e. The van der Waals surface area contributed by atoms with E-state index in [0.29, 0.717) is 0 Å². The second kappa shape index (κ2) is 5.26. The fraction of sp³-hybridized carbons (Fsp3) is 0.667. The van der Waals surface area contributed by atoms with E-state index in [1.807, 2.05) is 11.6 Å². The van der Waals surface area contributed by atoms with Crippen LogP contribution in [-0.2, 0) is 0 Å². The van der Waals surface area contributed by atoms with Crippen molar-refractivity contribution in [2.24, 2.45) is 0 Å². The lowest BCUT2D eigenvalue weighted by Gasteiger charge is -2.04. The molecule has 0 saturated heterocycles. The van der Waals surface area contributed by atoms with Crippen LogP contribution in [0.2, 0.25) is 11.6 Å². The Bertz CT molecular complexity index is 202. The van der Waals surface area contributed by atoms with Crippen molar-refractivity contribution in [1.82, 2.24) is 0 Å². The van der Waals surface area contributed by atoms with Crippen LogP contribution in [0.3, 0.4) is 0 Å². The molecule has 0 aliphatic rings. The second-order valence-corrected chi connectivity index (χ2v) is 7.73. The number of unbranched alkanes of at least 4 members (excludes halogenated alkanes) is 2. The van der Waals surface area contributed by atoms with Gasteiger partial charge in [-0.3, -0.25) is 5.26 Å². The zero-order valence-electron chi connectivity index (χ0n) is 7.65. The summed E-state index contributed by atoms with van der Waals surface area (Å²) >= 11 is -2.05. The zero-order chi connectivity index (χ0) is 8.74. The van der Waals surface area contributed by atoms with E-state index >= 15 is 0 Å². The first-order valence-electron chi connectivity index (χ1n) is 4.27. The molecule has 0 atom stereocenters. The molecule has 0 unspecified atom stereocenters. The lowest BCUT2D eigenvalue weighted by Crippen LogP contribution is -2.20. The van der Waals surface area contributed by atoms with Gasteiger partial charge in [0.25, 0.3) is 0 Å². The monoisotopic (exact) mass is 164 g/mol. The van der Waals surface area contributed by atoms with Gasteiger partial charge in [-0.2, -0.15) is 22.4 Å². The van der Waals surface area contributed by atoms with Gasteiger partial charge in [0.05, 0.1) is 0 Å². The Hall–Kier alpha value is -0.418. The van der Waals surface area contributed by atoms with Crippen molar-refractivity contribution >= 4 is 13.1 Å². The van der Waals surface area contributed by atoms with Gasteiger partial charge in [-0.15, -0.1) is 0 Å². The van der Waals surface area contributed by atoms with Crippen molar-refractivity contribution in [3.05, 3.63) is 0 Å². The van der Waals surface area contributed by atoms with Gasteiger partial charge in [-0.1, -0.05) is 13.3 Å². The summed E-state index contributed by atoms with van der Waals surface area (Å²) in [7, 11) is 0. The Balaban J connectivity index is 3.79. The van der Waals surface area contributed by atoms with Crippen molar-refractivity contribution in [2.45, 2.75) is 37.8 Å². The lowest BCUT2D eigenvalue weighted by atomic mass is 10.3. The molecule has 0 N–H and O–H groups in total. The minimum Gasteiger partial charge on any atom is -0.335 e. The SMILES string of the molecule is CCCCC#[C][Al-]([CH3])([CH3])[C]#N. The van der Waals surface area contributed by atoms with Crippen molar-refractivity contribution in [2.75, 3.05) is 0 Å². The maximum Gasteiger partial charge on any atom is 0.342 e. The topological polar surface area (TPSA) is 23.8 Å². The molecule has 0 aromatic rings. The molecule has 2 heteroatoms. The number of hydrogen-bond donors (Lipinski definition) is 0. The van der Waals surface area contributed by atoms with E-state index in [0.717, 1.165) is 12.8 Å². The molecule has 0 heterocycles. The Morgan fingerprint density at radius 1 is 1.36 bits per heavy atom. The first kappa shape index (κ1) is 10.6. The predicted molar refractivity (Wildman–Crippen MR) is 50.4 cm³/mol. The van der Waals surface area contributed by atoms with Crippen molar-refractivity contribution in [3.8, 4) is 15.6 Å². The van der Waals surface area contributed by atoms with Crippen LogP contribution in [0.1, 0.15) is 26.2 Å². The summed E-state index contributed by atoms with van der Waals surface area (Å²) < 4.78 is 0. The van der Waals surface area contributed by atoms with Crippen LogP contribution in [0.25, 0.3) is 0 Å². The highest BCUT2D eigenvalue weighted by Gasteiger charge is 2.12. The molecule has 0 saturated carbocycles. The molecule has 0 rings (SSSR count). The van der Waals surface area contributed by atoms with Gasteiger partial charge in [0.2, 0.25) is 0 Å². The van der Waals surface area contributed by atoms with Crippen LogP contribution < -0.4 is 0 Å². The molecule has 11 heavy (non-hydrogen) atoms. The van der Waals surface area contributed by atoms with Gasteiger partial charge in [0.15, 0.2) is 0 Å². The van der Waals surface area contributed by atoms with Crippen LogP contribution in [0.15, 0.2) is 0 Å². The molecule has 0 aromatic carbocycles. The second-order valence-electron chi connectivity index (χ2n) is 3.43. The fourth-order valence-corrected chi connectivity index (χ4v) is 1.34. The highest BCUT2D eigenvalue weighted by molar-refractivity contribution is 6.91. The van der Waals surface area contributed by atoms with Crippen molar-refractivity contribution < 1.29 is 0 Å². The first-order chi connectivity index (χ1) is 5.12. The molecule has 0 aliphatic carbocycles. The fourth-order valence-electron chi connectivity index (χ4n) is 0.625. The van der Waals surface area contributed by atoms with Gasteiger partial charge >= 0.3 is 13.1 Å². The third-order valence-electron chi connectivity index (χ3n) is 1.44. The van der Waals surface area contributed by atoms with Crippen LogP contribution in [0.5, 0.6) is 0 Å². The number of hydrogen-bond acceptors (Lipinski definition) is 1. The molecule has 0 spiro atoms. The highest BCUT2D eigenvalue weighted by atomic mass is 27.2. The van der Waals surface area contributed by atoms with E-state index in [1.54, 1.807) is 0 Å². The summed E-state index contributed by atoms with van der Waals surface area (Å²) in [5, 5.41) is 8.67. The van der Waals surface area contributed by atoms with Crippen LogP contribution in [0, 0.1) is 20.9 Å². The summed E-state index contributed by atoms with van der Waals surface area (Å²) in [6.07, 6.45) is 3.31. The molecule has 1 nitrogen and oxygen atoms in total. The summed E-state index contributed by atoms with van der Waals surface area (Å²) in [6, 6.07) is 0. The van der Waals surface area contributed by atoms with Crippen molar-refractivity contribution in [3.63, 3.8) is 0 Å². The summed E-state index contributed by atoms with van der Waals surface area (Å²) in [6.45, 7) is 2.15. The average molecular weight is 164 g/mol. The van der Waals surface area contributed by atoms with E-state index in [2.05, 4.69) is 22.6 Å². The summed E-state index contributed by atoms with van der Waals surface area (Å²) in [5.74, 6) is 7.09. The first-order valence-corrected chi connectivity index (χ1v) is 7.73. The van der Waals surface area contributed by atoms with Crippen LogP contribution >= 0.6 is 0 Å². The van der Waals surface area contributed by atoms with E-state index in [4.69, 9.17) is 5.26 Å². The molecule has 0 aromatic heterocycles.